The minimum absolute atomic E-state index is 0.0160. The van der Waals surface area contributed by atoms with Gasteiger partial charge in [-0.05, 0) is 76.4 Å². The molecule has 0 fully saturated rings. The van der Waals surface area contributed by atoms with E-state index in [1.54, 1.807) is 25.8 Å². The van der Waals surface area contributed by atoms with Gasteiger partial charge < -0.3 is 14.9 Å². The molecule has 6 nitrogen and oxygen atoms in total. The van der Waals surface area contributed by atoms with Gasteiger partial charge in [0.2, 0.25) is 5.91 Å². The molecule has 0 saturated heterocycles. The Morgan fingerprint density at radius 1 is 1.02 bits per heavy atom. The Bertz CT molecular complexity index is 1700. The summed E-state index contributed by atoms with van der Waals surface area (Å²) in [4.78, 5) is 26.5. The molecule has 226 valence electrons. The lowest BCUT2D eigenvalue weighted by molar-refractivity contribution is -0.170. The fraction of sp³-hybridized carbons (Fsp3) is 0.382. The number of rotatable bonds is 8. The topological polar surface area (TPSA) is 69.6 Å². The van der Waals surface area contributed by atoms with Crippen LogP contribution in [0.2, 0.25) is 0 Å². The molecular weight excluding hydrogens is 553 g/mol. The summed E-state index contributed by atoms with van der Waals surface area (Å²) in [5.41, 5.74) is -1.10. The summed E-state index contributed by atoms with van der Waals surface area (Å²) in [6, 6.07) is 16.1. The van der Waals surface area contributed by atoms with Crippen LogP contribution in [0.1, 0.15) is 76.0 Å². The van der Waals surface area contributed by atoms with Gasteiger partial charge in [0, 0.05) is 29.4 Å². The third-order valence-corrected chi connectivity index (χ3v) is 8.94. The molecule has 0 unspecified atom stereocenters. The number of fused-ring (bicyclic) bond motifs is 2. The Balaban J connectivity index is 1.78. The number of para-hydroxylation sites is 1. The van der Waals surface area contributed by atoms with Gasteiger partial charge in [0.1, 0.15) is 23.1 Å². The number of hydrogen-bond acceptors (Lipinski definition) is 5. The van der Waals surface area contributed by atoms with Crippen molar-refractivity contribution in [2.75, 3.05) is 16.8 Å². The normalized spacial score (nSPS) is 15.6. The summed E-state index contributed by atoms with van der Waals surface area (Å²) in [6.07, 6.45) is 1.22. The first-order valence-electron chi connectivity index (χ1n) is 14.5. The fourth-order valence-corrected chi connectivity index (χ4v) is 6.29. The Morgan fingerprint density at radius 3 is 2.28 bits per heavy atom. The zero-order valence-corrected chi connectivity index (χ0v) is 25.5. The van der Waals surface area contributed by atoms with E-state index < -0.39 is 34.4 Å². The second-order valence-electron chi connectivity index (χ2n) is 11.9. The number of carbonyl (C=O) groups excluding carboxylic acids is 1. The standard InChI is InChI=1S/C34H37F3N4O2/c1-8-33(9-2)26-18-24-27(19-28(26)40(7)31(33)42)38-21(4)39-30(24)41(22-14-11-10-12-15-22)20(3)23-16-13-17-25(29(23)35)34(36,37)32(5,6)43/h10-20,43H,8-9H2,1-7H3/t20-/m1/s1. The highest BCUT2D eigenvalue weighted by molar-refractivity contribution is 6.10. The van der Waals surface area contributed by atoms with E-state index in [9.17, 15) is 9.90 Å². The number of anilines is 3. The first-order chi connectivity index (χ1) is 20.2. The minimum Gasteiger partial charge on any atom is -0.384 e. The molecule has 0 bridgehead atoms. The summed E-state index contributed by atoms with van der Waals surface area (Å²) >= 11 is 0. The molecule has 9 heteroatoms. The molecule has 1 aromatic heterocycles. The van der Waals surface area contributed by atoms with Crippen LogP contribution in [-0.2, 0) is 16.1 Å². The van der Waals surface area contributed by atoms with E-state index in [2.05, 4.69) is 0 Å². The van der Waals surface area contributed by atoms with E-state index >= 15 is 13.2 Å². The SMILES string of the molecule is CCC1(CC)C(=O)N(C)c2cc3nc(C)nc(N(c4ccccc4)[C@H](C)c4cccc(C(F)(F)C(C)(C)O)c4F)c3cc21. The van der Waals surface area contributed by atoms with E-state index in [0.717, 1.165) is 31.2 Å². The van der Waals surface area contributed by atoms with Crippen molar-refractivity contribution in [1.29, 1.82) is 0 Å². The zero-order chi connectivity index (χ0) is 31.5. The van der Waals surface area contributed by atoms with Crippen LogP contribution in [0, 0.1) is 12.7 Å². The summed E-state index contributed by atoms with van der Waals surface area (Å²) in [5, 5.41) is 10.9. The Labute approximate surface area is 250 Å². The second-order valence-corrected chi connectivity index (χ2v) is 11.9. The summed E-state index contributed by atoms with van der Waals surface area (Å²) in [5.74, 6) is -3.99. The van der Waals surface area contributed by atoms with Crippen LogP contribution in [0.15, 0.2) is 60.7 Å². The number of nitrogens with zero attached hydrogens (tertiary/aromatic N) is 4. The largest absolute Gasteiger partial charge is 0.384 e. The van der Waals surface area contributed by atoms with Crippen molar-refractivity contribution in [3.05, 3.63) is 89.0 Å². The highest BCUT2D eigenvalue weighted by Gasteiger charge is 2.50. The molecule has 0 spiro atoms. The molecule has 3 aromatic carbocycles. The van der Waals surface area contributed by atoms with Gasteiger partial charge in [-0.25, -0.2) is 14.4 Å². The van der Waals surface area contributed by atoms with Crippen LogP contribution >= 0.6 is 0 Å². The van der Waals surface area contributed by atoms with Gasteiger partial charge in [0.05, 0.1) is 22.5 Å². The maximum Gasteiger partial charge on any atom is 0.303 e. The predicted molar refractivity (Wildman–Crippen MR) is 164 cm³/mol. The average Bonchev–Trinajstić information content (AvgIpc) is 3.17. The van der Waals surface area contributed by atoms with Crippen LogP contribution in [0.25, 0.3) is 10.9 Å². The lowest BCUT2D eigenvalue weighted by Crippen LogP contribution is -2.41. The highest BCUT2D eigenvalue weighted by atomic mass is 19.3. The van der Waals surface area contributed by atoms with Gasteiger partial charge in [0.25, 0.3) is 0 Å². The smallest absolute Gasteiger partial charge is 0.303 e. The van der Waals surface area contributed by atoms with Gasteiger partial charge in [-0.1, -0.05) is 44.2 Å². The van der Waals surface area contributed by atoms with Crippen LogP contribution in [0.5, 0.6) is 0 Å². The lowest BCUT2D eigenvalue weighted by Gasteiger charge is -2.34. The van der Waals surface area contributed by atoms with E-state index in [0.29, 0.717) is 41.1 Å². The molecule has 1 aliphatic heterocycles. The second kappa shape index (κ2) is 10.6. The monoisotopic (exact) mass is 590 g/mol. The summed E-state index contributed by atoms with van der Waals surface area (Å²) < 4.78 is 46.6. The maximum atomic E-state index is 16.1. The molecule has 1 amide bonds. The van der Waals surface area contributed by atoms with Crippen molar-refractivity contribution < 1.29 is 23.1 Å². The molecule has 1 aliphatic rings. The maximum absolute atomic E-state index is 16.1. The first kappa shape index (κ1) is 30.5. The van der Waals surface area contributed by atoms with Gasteiger partial charge in [-0.15, -0.1) is 0 Å². The van der Waals surface area contributed by atoms with Crippen LogP contribution < -0.4 is 9.80 Å². The van der Waals surface area contributed by atoms with Crippen LogP contribution in [0.3, 0.4) is 0 Å². The number of amides is 1. The van der Waals surface area contributed by atoms with Crippen LogP contribution in [0.4, 0.5) is 30.4 Å². The number of benzene rings is 3. The number of halogens is 3. The molecule has 0 radical (unpaired) electrons. The van der Waals surface area contributed by atoms with Gasteiger partial charge in [0.15, 0.2) is 0 Å². The fourth-order valence-electron chi connectivity index (χ4n) is 6.29. The molecular formula is C34H37F3N4O2. The molecule has 5 rings (SSSR count). The molecule has 1 N–H and O–H groups in total. The van der Waals surface area contributed by atoms with Crippen LogP contribution in [-0.4, -0.2) is 33.6 Å². The first-order valence-corrected chi connectivity index (χ1v) is 14.5. The van der Waals surface area contributed by atoms with Gasteiger partial charge in [-0.3, -0.25) is 4.79 Å². The molecule has 0 aliphatic carbocycles. The number of likely N-dealkylation sites (N-methyl/N-ethyl adjacent to an activating group) is 1. The predicted octanol–water partition coefficient (Wildman–Crippen LogP) is 7.87. The number of hydrogen-bond donors (Lipinski definition) is 1. The van der Waals surface area contributed by atoms with E-state index in [1.165, 1.54) is 12.1 Å². The third-order valence-electron chi connectivity index (χ3n) is 8.94. The average molecular weight is 591 g/mol. The van der Waals surface area contributed by atoms with Crippen molar-refractivity contribution in [1.82, 2.24) is 9.97 Å². The molecule has 1 atom stereocenters. The van der Waals surface area contributed by atoms with Gasteiger partial charge in [-0.2, -0.15) is 8.78 Å². The molecule has 4 aromatic rings. The molecule has 0 saturated carbocycles. The minimum atomic E-state index is -3.84. The number of aromatic nitrogens is 2. The van der Waals surface area contributed by atoms with Crippen molar-refractivity contribution in [2.24, 2.45) is 0 Å². The van der Waals surface area contributed by atoms with E-state index in [4.69, 9.17) is 9.97 Å². The van der Waals surface area contributed by atoms with Crippen molar-refractivity contribution >= 4 is 34.0 Å². The quantitative estimate of drug-likeness (QED) is 0.226. The van der Waals surface area contributed by atoms with Crippen molar-refractivity contribution in [2.45, 2.75) is 77.4 Å². The summed E-state index contributed by atoms with van der Waals surface area (Å²) in [7, 11) is 1.77. The van der Waals surface area contributed by atoms with E-state index in [-0.39, 0.29) is 11.5 Å². The lowest BCUT2D eigenvalue weighted by atomic mass is 9.76. The number of carbonyl (C=O) groups is 1. The number of aryl methyl sites for hydroxylation is 1. The number of alkyl halides is 2. The summed E-state index contributed by atoms with van der Waals surface area (Å²) in [6.45, 7) is 9.40. The van der Waals surface area contributed by atoms with Crippen molar-refractivity contribution in [3.63, 3.8) is 0 Å². The molecule has 2 heterocycles. The highest BCUT2D eigenvalue weighted by Crippen LogP contribution is 2.49. The Hall–Kier alpha value is -3.98. The third kappa shape index (κ3) is 4.65. The number of aliphatic hydroxyl groups is 1. The molecule has 43 heavy (non-hydrogen) atoms. The Kier molecular flexibility index (Phi) is 7.53. The van der Waals surface area contributed by atoms with E-state index in [1.807, 2.05) is 61.2 Å². The van der Waals surface area contributed by atoms with Crippen molar-refractivity contribution in [3.8, 4) is 0 Å². The van der Waals surface area contributed by atoms with Gasteiger partial charge >= 0.3 is 5.92 Å². The zero-order valence-electron chi connectivity index (χ0n) is 25.5. The Morgan fingerprint density at radius 2 is 1.67 bits per heavy atom.